The van der Waals surface area contributed by atoms with Gasteiger partial charge in [-0.05, 0) is 35.6 Å². The Hall–Kier alpha value is -2.97. The van der Waals surface area contributed by atoms with Gasteiger partial charge in [0.25, 0.3) is 0 Å². The van der Waals surface area contributed by atoms with Crippen LogP contribution in [0, 0.1) is 16.7 Å². The maximum atomic E-state index is 13.5. The highest BCUT2D eigenvalue weighted by Crippen LogP contribution is 2.64. The van der Waals surface area contributed by atoms with Crippen LogP contribution in [0.15, 0.2) is 60.1 Å². The molecule has 3 aromatic rings. The number of benzene rings is 2. The number of rotatable bonds is 2. The summed E-state index contributed by atoms with van der Waals surface area (Å²) in [6.07, 6.45) is 2.27. The zero-order valence-electron chi connectivity index (χ0n) is 14.8. The van der Waals surface area contributed by atoms with E-state index in [2.05, 4.69) is 28.5 Å². The van der Waals surface area contributed by atoms with Gasteiger partial charge >= 0.3 is 0 Å². The Kier molecular flexibility index (Phi) is 3.31. The molecule has 4 nitrogen and oxygen atoms in total. The minimum atomic E-state index is -1.02. The van der Waals surface area contributed by atoms with Crippen molar-refractivity contribution in [3.8, 4) is 6.07 Å². The first-order valence-electron chi connectivity index (χ1n) is 8.93. The summed E-state index contributed by atoms with van der Waals surface area (Å²) < 4.78 is 0. The molecule has 0 spiro atoms. The van der Waals surface area contributed by atoms with E-state index in [1.807, 2.05) is 48.7 Å². The molecule has 2 bridgehead atoms. The largest absolute Gasteiger partial charge is 0.301 e. The van der Waals surface area contributed by atoms with Crippen LogP contribution in [0.5, 0.6) is 0 Å². The molecule has 0 aliphatic heterocycles. The van der Waals surface area contributed by atoms with Crippen molar-refractivity contribution in [3.63, 3.8) is 0 Å². The van der Waals surface area contributed by atoms with Crippen molar-refractivity contribution in [1.82, 2.24) is 4.98 Å². The number of amides is 1. The van der Waals surface area contributed by atoms with Crippen molar-refractivity contribution in [3.05, 3.63) is 82.4 Å². The quantitative estimate of drug-likeness (QED) is 0.724. The van der Waals surface area contributed by atoms with Gasteiger partial charge in [0.05, 0.1) is 11.5 Å². The highest BCUT2D eigenvalue weighted by Gasteiger charge is 2.64. The molecular formula is C22H17N3OS. The standard InChI is InChI=1S/C22H17N3OS/c1-21(19(26)25-20-24-10-11-27-20)12-16-14-6-2-4-8-17(14)22(21,13-23)18-9-5-3-7-15(16)18/h2-11,16H,12H2,1H3,(H,24,25,26). The van der Waals surface area contributed by atoms with Crippen LogP contribution in [0.1, 0.15) is 41.5 Å². The number of nitrogens with zero attached hydrogens (tertiary/aromatic N) is 2. The molecule has 1 aromatic heterocycles. The fourth-order valence-corrected chi connectivity index (χ4v) is 5.52. The van der Waals surface area contributed by atoms with E-state index in [4.69, 9.17) is 0 Å². The molecule has 0 fully saturated rings. The Morgan fingerprint density at radius 2 is 1.81 bits per heavy atom. The molecule has 0 radical (unpaired) electrons. The third-order valence-corrected chi connectivity index (χ3v) is 6.93. The molecule has 1 heterocycles. The summed E-state index contributed by atoms with van der Waals surface area (Å²) in [7, 11) is 0. The topological polar surface area (TPSA) is 65.8 Å². The molecule has 3 aliphatic rings. The minimum absolute atomic E-state index is 0.111. The number of carbonyl (C=O) groups is 1. The summed E-state index contributed by atoms with van der Waals surface area (Å²) >= 11 is 1.39. The van der Waals surface area contributed by atoms with Crippen molar-refractivity contribution in [2.24, 2.45) is 5.41 Å². The first kappa shape index (κ1) is 16.2. The lowest BCUT2D eigenvalue weighted by Gasteiger charge is -2.55. The van der Waals surface area contributed by atoms with Crippen LogP contribution in [0.25, 0.3) is 0 Å². The van der Waals surface area contributed by atoms with E-state index < -0.39 is 10.8 Å². The van der Waals surface area contributed by atoms with Crippen molar-refractivity contribution in [2.45, 2.75) is 24.7 Å². The number of nitriles is 1. The maximum Gasteiger partial charge on any atom is 0.234 e. The number of fused-ring (bicyclic) bond motifs is 1. The van der Waals surface area contributed by atoms with Crippen molar-refractivity contribution in [2.75, 3.05) is 5.32 Å². The van der Waals surface area contributed by atoms with Crippen LogP contribution >= 0.6 is 11.3 Å². The van der Waals surface area contributed by atoms with E-state index in [9.17, 15) is 10.1 Å². The van der Waals surface area contributed by atoms with Crippen LogP contribution in [0.2, 0.25) is 0 Å². The lowest BCUT2D eigenvalue weighted by Crippen LogP contribution is -2.58. The van der Waals surface area contributed by atoms with Gasteiger partial charge in [-0.15, -0.1) is 11.3 Å². The van der Waals surface area contributed by atoms with Crippen LogP contribution in [0.4, 0.5) is 5.13 Å². The average Bonchev–Trinajstić information content (AvgIpc) is 3.21. The van der Waals surface area contributed by atoms with Gasteiger partial charge in [-0.2, -0.15) is 5.26 Å². The minimum Gasteiger partial charge on any atom is -0.301 e. The molecule has 1 N–H and O–H groups in total. The predicted molar refractivity (Wildman–Crippen MR) is 105 cm³/mol. The van der Waals surface area contributed by atoms with Gasteiger partial charge in [-0.3, -0.25) is 4.79 Å². The molecule has 0 saturated carbocycles. The molecular weight excluding hydrogens is 354 g/mol. The van der Waals surface area contributed by atoms with Crippen molar-refractivity contribution >= 4 is 22.4 Å². The molecule has 132 valence electrons. The second kappa shape index (κ2) is 5.51. The van der Waals surface area contributed by atoms with Gasteiger partial charge in [-0.1, -0.05) is 48.5 Å². The zero-order chi connectivity index (χ0) is 18.6. The predicted octanol–water partition coefficient (Wildman–Crippen LogP) is 4.45. The zero-order valence-corrected chi connectivity index (χ0v) is 15.6. The smallest absolute Gasteiger partial charge is 0.234 e. The molecule has 0 saturated heterocycles. The lowest BCUT2D eigenvalue weighted by atomic mass is 9.44. The van der Waals surface area contributed by atoms with Gasteiger partial charge < -0.3 is 5.32 Å². The van der Waals surface area contributed by atoms with Crippen LogP contribution in [-0.4, -0.2) is 10.9 Å². The summed E-state index contributed by atoms with van der Waals surface area (Å²) in [5, 5.41) is 15.9. The van der Waals surface area contributed by atoms with Gasteiger partial charge in [0.1, 0.15) is 5.41 Å². The number of anilines is 1. The highest BCUT2D eigenvalue weighted by atomic mass is 32.1. The molecule has 1 atom stereocenters. The van der Waals surface area contributed by atoms with Gasteiger partial charge in [0.15, 0.2) is 5.13 Å². The monoisotopic (exact) mass is 371 g/mol. The number of aromatic nitrogens is 1. The van der Waals surface area contributed by atoms with Crippen molar-refractivity contribution < 1.29 is 4.79 Å². The normalized spacial score (nSPS) is 27.3. The summed E-state index contributed by atoms with van der Waals surface area (Å²) in [6, 6.07) is 18.8. The summed E-state index contributed by atoms with van der Waals surface area (Å²) in [6.45, 7) is 1.93. The molecule has 1 unspecified atom stereocenters. The van der Waals surface area contributed by atoms with E-state index in [0.29, 0.717) is 11.6 Å². The molecule has 27 heavy (non-hydrogen) atoms. The maximum absolute atomic E-state index is 13.5. The van der Waals surface area contributed by atoms with E-state index in [1.165, 1.54) is 11.3 Å². The van der Waals surface area contributed by atoms with Crippen molar-refractivity contribution in [1.29, 1.82) is 5.26 Å². The van der Waals surface area contributed by atoms with Gasteiger partial charge in [0.2, 0.25) is 5.91 Å². The first-order chi connectivity index (χ1) is 13.1. The molecule has 2 aromatic carbocycles. The van der Waals surface area contributed by atoms with E-state index >= 15 is 0 Å². The second-order valence-corrected chi connectivity index (χ2v) is 8.31. The summed E-state index contributed by atoms with van der Waals surface area (Å²) in [5.74, 6) is -0.0346. The van der Waals surface area contributed by atoms with Crippen LogP contribution in [-0.2, 0) is 10.2 Å². The number of carbonyl (C=O) groups excluding carboxylic acids is 1. The Morgan fingerprint density at radius 3 is 2.37 bits per heavy atom. The Balaban J connectivity index is 1.77. The Bertz CT molecular complexity index is 1050. The number of hydrogen-bond donors (Lipinski definition) is 1. The fourth-order valence-electron chi connectivity index (χ4n) is 5.00. The third kappa shape index (κ3) is 1.91. The SMILES string of the molecule is CC1(C(=O)Nc2nccs2)CC2c3ccccc3C1(C#N)c1ccccc12. The number of nitrogens with one attached hydrogen (secondary N) is 1. The van der Waals surface area contributed by atoms with Gasteiger partial charge in [-0.25, -0.2) is 4.98 Å². The second-order valence-electron chi connectivity index (χ2n) is 7.42. The molecule has 5 heteroatoms. The van der Waals surface area contributed by atoms with E-state index in [-0.39, 0.29) is 11.8 Å². The number of hydrogen-bond acceptors (Lipinski definition) is 4. The molecule has 1 amide bonds. The van der Waals surface area contributed by atoms with E-state index in [0.717, 1.165) is 22.3 Å². The van der Waals surface area contributed by atoms with E-state index in [1.54, 1.807) is 6.20 Å². The average molecular weight is 371 g/mol. The first-order valence-corrected chi connectivity index (χ1v) is 9.81. The molecule has 3 aliphatic carbocycles. The third-order valence-electron chi connectivity index (χ3n) is 6.24. The van der Waals surface area contributed by atoms with Gasteiger partial charge in [0, 0.05) is 17.5 Å². The number of thiazole rings is 1. The summed E-state index contributed by atoms with van der Waals surface area (Å²) in [4.78, 5) is 17.7. The highest BCUT2D eigenvalue weighted by molar-refractivity contribution is 7.13. The fraction of sp³-hybridized carbons (Fsp3) is 0.227. The van der Waals surface area contributed by atoms with Crippen LogP contribution < -0.4 is 5.32 Å². The Morgan fingerprint density at radius 1 is 1.19 bits per heavy atom. The lowest BCUT2D eigenvalue weighted by molar-refractivity contribution is -0.128. The Labute approximate surface area is 161 Å². The van der Waals surface area contributed by atoms with Crippen LogP contribution in [0.3, 0.4) is 0 Å². The summed E-state index contributed by atoms with van der Waals surface area (Å²) in [5.41, 5.74) is 2.34. The molecule has 6 rings (SSSR count).